The van der Waals surface area contributed by atoms with E-state index in [9.17, 15) is 0 Å². The highest BCUT2D eigenvalue weighted by atomic mass is 16.3. The molecule has 0 aliphatic heterocycles. The fourth-order valence-corrected chi connectivity index (χ4v) is 0.466. The Balaban J connectivity index is 3.75. The molecule has 0 atom stereocenters. The van der Waals surface area contributed by atoms with E-state index in [0.717, 1.165) is 11.1 Å². The molecule has 0 fully saturated rings. The van der Waals surface area contributed by atoms with E-state index in [1.54, 1.807) is 0 Å². The molecule has 46 valence electrons. The zero-order valence-electron chi connectivity index (χ0n) is 5.44. The minimum absolute atomic E-state index is 0.132. The Hall–Kier alpha value is -0.560. The molecule has 0 aliphatic rings. The molecular formula is C7H12O. The van der Waals surface area contributed by atoms with Crippen molar-refractivity contribution in [3.8, 4) is 0 Å². The maximum atomic E-state index is 8.47. The van der Waals surface area contributed by atoms with Crippen molar-refractivity contribution >= 4 is 0 Å². The predicted octanol–water partition coefficient (Wildman–Crippen LogP) is 1.50. The zero-order valence-corrected chi connectivity index (χ0v) is 5.44. The lowest BCUT2D eigenvalue weighted by molar-refractivity contribution is 0.331. The van der Waals surface area contributed by atoms with Gasteiger partial charge < -0.3 is 5.11 Å². The summed E-state index contributed by atoms with van der Waals surface area (Å²) >= 11 is 0. The lowest BCUT2D eigenvalue weighted by Crippen LogP contribution is -1.82. The Labute approximate surface area is 50.3 Å². The minimum atomic E-state index is 0.132. The van der Waals surface area contributed by atoms with Crippen molar-refractivity contribution in [1.29, 1.82) is 0 Å². The summed E-state index contributed by atoms with van der Waals surface area (Å²) in [7, 11) is 0. The summed E-state index contributed by atoms with van der Waals surface area (Å²) in [4.78, 5) is 0. The van der Waals surface area contributed by atoms with E-state index < -0.39 is 0 Å². The van der Waals surface area contributed by atoms with Crippen LogP contribution < -0.4 is 0 Å². The molecule has 0 saturated carbocycles. The van der Waals surface area contributed by atoms with Crippen LogP contribution in [-0.2, 0) is 0 Å². The molecule has 0 aliphatic carbocycles. The van der Waals surface area contributed by atoms with E-state index in [4.69, 9.17) is 5.11 Å². The van der Waals surface area contributed by atoms with Crippen LogP contribution in [0.2, 0.25) is 0 Å². The molecule has 0 aromatic carbocycles. The highest BCUT2D eigenvalue weighted by Crippen LogP contribution is 1.96. The summed E-state index contributed by atoms with van der Waals surface area (Å²) in [5.41, 5.74) is 1.94. The van der Waals surface area contributed by atoms with Gasteiger partial charge in [-0.3, -0.25) is 0 Å². The summed E-state index contributed by atoms with van der Waals surface area (Å²) in [6.07, 6.45) is 1.86. The first-order valence-electron chi connectivity index (χ1n) is 2.60. The maximum absolute atomic E-state index is 8.47. The van der Waals surface area contributed by atoms with Crippen LogP contribution in [0.1, 0.15) is 13.8 Å². The number of hydrogen-bond donors (Lipinski definition) is 1. The molecule has 0 aromatic rings. The molecule has 1 nitrogen and oxygen atoms in total. The van der Waals surface area contributed by atoms with Crippen molar-refractivity contribution in [2.75, 3.05) is 6.61 Å². The molecule has 0 spiro atoms. The number of rotatable bonds is 2. The van der Waals surface area contributed by atoms with Crippen LogP contribution in [0.3, 0.4) is 0 Å². The first-order chi connectivity index (χ1) is 3.66. The van der Waals surface area contributed by atoms with Gasteiger partial charge >= 0.3 is 0 Å². The average Bonchev–Trinajstić information content (AvgIpc) is 1.65. The molecule has 0 bridgehead atoms. The summed E-state index contributed by atoms with van der Waals surface area (Å²) in [6, 6.07) is 0. The Morgan fingerprint density at radius 1 is 1.62 bits per heavy atom. The van der Waals surface area contributed by atoms with E-state index >= 15 is 0 Å². The third-order valence-electron chi connectivity index (χ3n) is 0.742. The molecule has 0 heterocycles. The van der Waals surface area contributed by atoms with Crippen molar-refractivity contribution in [3.05, 3.63) is 23.8 Å². The Kier molecular flexibility index (Phi) is 3.20. The van der Waals surface area contributed by atoms with Crippen LogP contribution in [0.25, 0.3) is 0 Å². The van der Waals surface area contributed by atoms with Gasteiger partial charge in [0.15, 0.2) is 0 Å². The average molecular weight is 112 g/mol. The molecule has 0 aromatic heterocycles. The number of allylic oxidation sites excluding steroid dienone is 2. The summed E-state index contributed by atoms with van der Waals surface area (Å²) in [6.45, 7) is 7.56. The van der Waals surface area contributed by atoms with Crippen LogP contribution in [0, 0.1) is 0 Å². The fourth-order valence-electron chi connectivity index (χ4n) is 0.466. The van der Waals surface area contributed by atoms with E-state index in [2.05, 4.69) is 6.58 Å². The van der Waals surface area contributed by atoms with Gasteiger partial charge in [0.25, 0.3) is 0 Å². The number of aliphatic hydroxyl groups is 1. The van der Waals surface area contributed by atoms with E-state index in [1.165, 1.54) is 0 Å². The lowest BCUT2D eigenvalue weighted by atomic mass is 10.2. The SMILES string of the molecule is C=C(C)C=C(C)CO. The quantitative estimate of drug-likeness (QED) is 0.537. The Morgan fingerprint density at radius 3 is 2.25 bits per heavy atom. The summed E-state index contributed by atoms with van der Waals surface area (Å²) < 4.78 is 0. The van der Waals surface area contributed by atoms with E-state index in [-0.39, 0.29) is 6.61 Å². The van der Waals surface area contributed by atoms with Crippen LogP contribution in [0.5, 0.6) is 0 Å². The summed E-state index contributed by atoms with van der Waals surface area (Å²) in [5, 5.41) is 8.47. The van der Waals surface area contributed by atoms with Crippen LogP contribution in [0.15, 0.2) is 23.8 Å². The highest BCUT2D eigenvalue weighted by molar-refractivity contribution is 5.16. The van der Waals surface area contributed by atoms with Gasteiger partial charge in [-0.25, -0.2) is 0 Å². The topological polar surface area (TPSA) is 20.2 Å². The molecular weight excluding hydrogens is 100 g/mol. The maximum Gasteiger partial charge on any atom is 0.0642 e. The number of aliphatic hydroxyl groups excluding tert-OH is 1. The smallest absolute Gasteiger partial charge is 0.0642 e. The van der Waals surface area contributed by atoms with Gasteiger partial charge in [0.1, 0.15) is 0 Å². The first kappa shape index (κ1) is 7.44. The van der Waals surface area contributed by atoms with Gasteiger partial charge in [-0.15, -0.1) is 0 Å². The van der Waals surface area contributed by atoms with Gasteiger partial charge in [0.2, 0.25) is 0 Å². The second-order valence-corrected chi connectivity index (χ2v) is 2.00. The monoisotopic (exact) mass is 112 g/mol. The molecule has 0 amide bonds. The van der Waals surface area contributed by atoms with Gasteiger partial charge in [0.05, 0.1) is 6.61 Å². The first-order valence-corrected chi connectivity index (χ1v) is 2.60. The third-order valence-corrected chi connectivity index (χ3v) is 0.742. The molecule has 1 N–H and O–H groups in total. The molecule has 0 unspecified atom stereocenters. The third kappa shape index (κ3) is 3.62. The second kappa shape index (κ2) is 3.44. The van der Waals surface area contributed by atoms with E-state index in [1.807, 2.05) is 19.9 Å². The molecule has 1 heteroatoms. The molecule has 0 saturated heterocycles. The zero-order chi connectivity index (χ0) is 6.57. The highest BCUT2D eigenvalue weighted by Gasteiger charge is 1.81. The summed E-state index contributed by atoms with van der Waals surface area (Å²) in [5.74, 6) is 0. The van der Waals surface area contributed by atoms with Crippen molar-refractivity contribution in [3.63, 3.8) is 0 Å². The van der Waals surface area contributed by atoms with Crippen LogP contribution in [0.4, 0.5) is 0 Å². The largest absolute Gasteiger partial charge is 0.392 e. The van der Waals surface area contributed by atoms with Crippen LogP contribution in [-0.4, -0.2) is 11.7 Å². The van der Waals surface area contributed by atoms with Gasteiger partial charge in [0, 0.05) is 0 Å². The van der Waals surface area contributed by atoms with Gasteiger partial charge in [-0.1, -0.05) is 18.2 Å². The van der Waals surface area contributed by atoms with Crippen LogP contribution >= 0.6 is 0 Å². The minimum Gasteiger partial charge on any atom is -0.392 e. The normalized spacial score (nSPS) is 11.6. The van der Waals surface area contributed by atoms with Crippen molar-refractivity contribution in [2.45, 2.75) is 13.8 Å². The predicted molar refractivity (Wildman–Crippen MR) is 35.7 cm³/mol. The molecule has 0 radical (unpaired) electrons. The standard InChI is InChI=1S/C7H12O/c1-6(2)4-7(3)5-8/h4,8H,1,5H2,2-3H3. The van der Waals surface area contributed by atoms with Gasteiger partial charge in [-0.05, 0) is 19.4 Å². The second-order valence-electron chi connectivity index (χ2n) is 2.00. The Morgan fingerprint density at radius 2 is 2.12 bits per heavy atom. The van der Waals surface area contributed by atoms with E-state index in [0.29, 0.717) is 0 Å². The van der Waals surface area contributed by atoms with Crippen molar-refractivity contribution in [1.82, 2.24) is 0 Å². The number of hydrogen-bond acceptors (Lipinski definition) is 1. The molecule has 0 rings (SSSR count). The Bertz CT molecular complexity index is 112. The van der Waals surface area contributed by atoms with Crippen molar-refractivity contribution in [2.24, 2.45) is 0 Å². The lowest BCUT2D eigenvalue weighted by Gasteiger charge is -1.91. The van der Waals surface area contributed by atoms with Gasteiger partial charge in [-0.2, -0.15) is 0 Å². The fraction of sp³-hybridized carbons (Fsp3) is 0.429. The van der Waals surface area contributed by atoms with Crippen molar-refractivity contribution < 1.29 is 5.11 Å². The molecule has 8 heavy (non-hydrogen) atoms.